The van der Waals surface area contributed by atoms with E-state index < -0.39 is 0 Å². The lowest BCUT2D eigenvalue weighted by Gasteiger charge is -2.35. The molecule has 2 atom stereocenters. The number of para-hydroxylation sites is 1. The highest BCUT2D eigenvalue weighted by atomic mass is 16.5. The fourth-order valence-electron chi connectivity index (χ4n) is 3.81. The first kappa shape index (κ1) is 21.9. The van der Waals surface area contributed by atoms with Crippen LogP contribution >= 0.6 is 0 Å². The van der Waals surface area contributed by atoms with E-state index in [1.165, 1.54) is 0 Å². The van der Waals surface area contributed by atoms with E-state index in [2.05, 4.69) is 22.1 Å². The number of hydrogen-bond donors (Lipinski definition) is 1. The summed E-state index contributed by atoms with van der Waals surface area (Å²) < 4.78 is 7.25. The van der Waals surface area contributed by atoms with Crippen molar-refractivity contribution in [3.63, 3.8) is 0 Å². The molecule has 7 heteroatoms. The second kappa shape index (κ2) is 10.3. The summed E-state index contributed by atoms with van der Waals surface area (Å²) in [7, 11) is 0. The van der Waals surface area contributed by atoms with Crippen molar-refractivity contribution in [3.05, 3.63) is 72.7 Å². The van der Waals surface area contributed by atoms with Gasteiger partial charge in [-0.2, -0.15) is 5.10 Å². The van der Waals surface area contributed by atoms with Crippen LogP contribution in [-0.4, -0.2) is 64.0 Å². The Morgan fingerprint density at radius 1 is 1.12 bits per heavy atom. The number of benzene rings is 1. The van der Waals surface area contributed by atoms with E-state index in [4.69, 9.17) is 9.84 Å². The second-order valence-corrected chi connectivity index (χ2v) is 7.97. The highest BCUT2D eigenvalue weighted by Crippen LogP contribution is 2.24. The topological polar surface area (TPSA) is 72.3 Å². The maximum Gasteiger partial charge on any atom is 0.244 e. The van der Waals surface area contributed by atoms with Gasteiger partial charge < -0.3 is 10.1 Å². The molecule has 32 heavy (non-hydrogen) atoms. The van der Waals surface area contributed by atoms with Crippen LogP contribution in [0.1, 0.15) is 19.4 Å². The standard InChI is InChI=1S/C25H29N5O2/c1-19(20(2)29-13-15-32-16-14-29)27-24(31)11-10-22-18-30(23-8-4-3-5-9-23)28-25(22)21-7-6-12-26-17-21/h3-12,17-20H,13-16H2,1-2H3,(H,27,31). The summed E-state index contributed by atoms with van der Waals surface area (Å²) in [5.41, 5.74) is 3.48. The molecule has 0 spiro atoms. The van der Waals surface area contributed by atoms with Gasteiger partial charge in [0.05, 0.1) is 18.9 Å². The smallest absolute Gasteiger partial charge is 0.244 e. The minimum atomic E-state index is -0.123. The first-order valence-corrected chi connectivity index (χ1v) is 11.0. The van der Waals surface area contributed by atoms with Gasteiger partial charge >= 0.3 is 0 Å². The summed E-state index contributed by atoms with van der Waals surface area (Å²) in [5, 5.41) is 7.85. The lowest BCUT2D eigenvalue weighted by atomic mass is 10.1. The number of ether oxygens (including phenoxy) is 1. The zero-order valence-corrected chi connectivity index (χ0v) is 18.5. The van der Waals surface area contributed by atoms with Crippen LogP contribution in [0.5, 0.6) is 0 Å². The van der Waals surface area contributed by atoms with Gasteiger partial charge in [-0.1, -0.05) is 18.2 Å². The van der Waals surface area contributed by atoms with Crippen molar-refractivity contribution in [1.82, 2.24) is 25.0 Å². The van der Waals surface area contributed by atoms with Gasteiger partial charge in [-0.3, -0.25) is 14.7 Å². The van der Waals surface area contributed by atoms with Crippen molar-refractivity contribution in [2.75, 3.05) is 26.3 Å². The Kier molecular flexibility index (Phi) is 7.09. The van der Waals surface area contributed by atoms with E-state index in [0.717, 1.165) is 48.8 Å². The van der Waals surface area contributed by atoms with E-state index in [1.54, 1.807) is 18.5 Å². The summed E-state index contributed by atoms with van der Waals surface area (Å²) in [6.07, 6.45) is 8.84. The molecule has 4 rings (SSSR count). The van der Waals surface area contributed by atoms with Crippen molar-refractivity contribution in [2.24, 2.45) is 0 Å². The normalized spacial score (nSPS) is 16.7. The molecule has 2 unspecified atom stereocenters. The molecule has 1 aliphatic heterocycles. The number of rotatable bonds is 7. The zero-order chi connectivity index (χ0) is 22.3. The van der Waals surface area contributed by atoms with Crippen LogP contribution in [0.4, 0.5) is 0 Å². The van der Waals surface area contributed by atoms with Gasteiger partial charge in [0.15, 0.2) is 0 Å². The van der Waals surface area contributed by atoms with E-state index in [0.29, 0.717) is 0 Å². The molecule has 166 valence electrons. The van der Waals surface area contributed by atoms with Gasteiger partial charge in [-0.05, 0) is 44.2 Å². The Balaban J connectivity index is 1.51. The molecule has 1 fully saturated rings. The Hall–Kier alpha value is -3.29. The molecule has 0 radical (unpaired) electrons. The summed E-state index contributed by atoms with van der Waals surface area (Å²) in [6.45, 7) is 7.46. The molecule has 1 N–H and O–H groups in total. The number of amides is 1. The van der Waals surface area contributed by atoms with Crippen LogP contribution in [0.3, 0.4) is 0 Å². The van der Waals surface area contributed by atoms with Crippen LogP contribution in [0, 0.1) is 0 Å². The van der Waals surface area contributed by atoms with Gasteiger partial charge in [0.1, 0.15) is 5.69 Å². The number of pyridine rings is 1. The second-order valence-electron chi connectivity index (χ2n) is 7.97. The number of aromatic nitrogens is 3. The van der Waals surface area contributed by atoms with Gasteiger partial charge in [0.25, 0.3) is 0 Å². The number of hydrogen-bond acceptors (Lipinski definition) is 5. The highest BCUT2D eigenvalue weighted by molar-refractivity contribution is 5.93. The Bertz CT molecular complexity index is 1040. The van der Waals surface area contributed by atoms with Crippen LogP contribution < -0.4 is 5.32 Å². The molecule has 7 nitrogen and oxygen atoms in total. The predicted octanol–water partition coefficient (Wildman–Crippen LogP) is 3.17. The molecule has 2 aromatic heterocycles. The van der Waals surface area contributed by atoms with E-state index in [-0.39, 0.29) is 18.0 Å². The number of morpholine rings is 1. The van der Waals surface area contributed by atoms with E-state index in [1.807, 2.05) is 66.3 Å². The molecular weight excluding hydrogens is 402 g/mol. The third kappa shape index (κ3) is 5.30. The molecule has 1 aromatic carbocycles. The Morgan fingerprint density at radius 3 is 2.62 bits per heavy atom. The molecule has 1 saturated heterocycles. The van der Waals surface area contributed by atoms with Crippen LogP contribution in [0.15, 0.2) is 67.1 Å². The molecule has 3 heterocycles. The third-order valence-corrected chi connectivity index (χ3v) is 5.83. The summed E-state index contributed by atoms with van der Waals surface area (Å²) in [5.74, 6) is -0.123. The maximum atomic E-state index is 12.7. The van der Waals surface area contributed by atoms with Crippen LogP contribution in [0.25, 0.3) is 23.0 Å². The molecule has 0 saturated carbocycles. The number of carbonyl (C=O) groups is 1. The minimum Gasteiger partial charge on any atom is -0.379 e. The van der Waals surface area contributed by atoms with Crippen molar-refractivity contribution in [2.45, 2.75) is 25.9 Å². The number of nitrogens with zero attached hydrogens (tertiary/aromatic N) is 4. The van der Waals surface area contributed by atoms with Crippen molar-refractivity contribution >= 4 is 12.0 Å². The lowest BCUT2D eigenvalue weighted by Crippen LogP contribution is -2.51. The largest absolute Gasteiger partial charge is 0.379 e. The van der Waals surface area contributed by atoms with Crippen molar-refractivity contribution < 1.29 is 9.53 Å². The monoisotopic (exact) mass is 431 g/mol. The van der Waals surface area contributed by atoms with Gasteiger partial charge in [0.2, 0.25) is 5.91 Å². The zero-order valence-electron chi connectivity index (χ0n) is 18.5. The molecular formula is C25H29N5O2. The summed E-state index contributed by atoms with van der Waals surface area (Å²) in [6, 6.07) is 14.0. The van der Waals surface area contributed by atoms with Gasteiger partial charge in [-0.25, -0.2) is 4.68 Å². The quantitative estimate of drug-likeness (QED) is 0.582. The highest BCUT2D eigenvalue weighted by Gasteiger charge is 2.22. The van der Waals surface area contributed by atoms with E-state index >= 15 is 0 Å². The SMILES string of the molecule is CC(NC(=O)C=Cc1cn(-c2ccccc2)nc1-c1cccnc1)C(C)N1CCOCC1. The van der Waals surface area contributed by atoms with Crippen molar-refractivity contribution in [3.8, 4) is 16.9 Å². The van der Waals surface area contributed by atoms with E-state index in [9.17, 15) is 4.79 Å². The average Bonchev–Trinajstić information content (AvgIpc) is 3.28. The number of carbonyl (C=O) groups excluding carboxylic acids is 1. The Labute approximate surface area is 188 Å². The van der Waals surface area contributed by atoms with Gasteiger partial charge in [-0.15, -0.1) is 0 Å². The third-order valence-electron chi connectivity index (χ3n) is 5.83. The molecule has 3 aromatic rings. The molecule has 0 bridgehead atoms. The predicted molar refractivity (Wildman–Crippen MR) is 125 cm³/mol. The lowest BCUT2D eigenvalue weighted by molar-refractivity contribution is -0.117. The average molecular weight is 432 g/mol. The van der Waals surface area contributed by atoms with Crippen LogP contribution in [-0.2, 0) is 9.53 Å². The number of nitrogens with one attached hydrogen (secondary N) is 1. The molecule has 0 aliphatic carbocycles. The fourth-order valence-corrected chi connectivity index (χ4v) is 3.81. The summed E-state index contributed by atoms with van der Waals surface area (Å²) >= 11 is 0. The molecule has 1 aliphatic rings. The maximum absolute atomic E-state index is 12.7. The van der Waals surface area contributed by atoms with Gasteiger partial charge in [0, 0.05) is 61.0 Å². The first-order chi connectivity index (χ1) is 15.6. The van der Waals surface area contributed by atoms with Crippen molar-refractivity contribution in [1.29, 1.82) is 0 Å². The Morgan fingerprint density at radius 2 is 1.91 bits per heavy atom. The molecule has 1 amide bonds. The fraction of sp³-hybridized carbons (Fsp3) is 0.320. The first-order valence-electron chi connectivity index (χ1n) is 11.0. The minimum absolute atomic E-state index is 0.0232. The van der Waals surface area contributed by atoms with Crippen LogP contribution in [0.2, 0.25) is 0 Å². The summed E-state index contributed by atoms with van der Waals surface area (Å²) in [4.78, 5) is 19.2.